The number of aryl methyl sites for hydroxylation is 1. The van der Waals surface area contributed by atoms with Crippen LogP contribution in [-0.4, -0.2) is 19.8 Å². The predicted octanol–water partition coefficient (Wildman–Crippen LogP) is 2.52. The number of aliphatic hydroxyl groups is 1. The van der Waals surface area contributed by atoms with E-state index in [-0.39, 0.29) is 10.5 Å². The molecule has 2 heterocycles. The smallest absolute Gasteiger partial charge is 0.0995 e. The molecule has 2 atom stereocenters. The second-order valence-electron chi connectivity index (χ2n) is 6.05. The number of rotatable bonds is 1. The van der Waals surface area contributed by atoms with Crippen LogP contribution in [0, 0.1) is 18.3 Å². The van der Waals surface area contributed by atoms with Gasteiger partial charge >= 0.3 is 0 Å². The van der Waals surface area contributed by atoms with Gasteiger partial charge in [-0.2, -0.15) is 5.26 Å². The van der Waals surface area contributed by atoms with E-state index in [2.05, 4.69) is 6.07 Å². The number of hydrogen-bond donors (Lipinski definition) is 1. The number of hydrogen-bond acceptors (Lipinski definition) is 3. The third kappa shape index (κ3) is 2.10. The molecule has 0 spiro atoms. The first-order chi connectivity index (χ1) is 9.55. The maximum Gasteiger partial charge on any atom is 0.0995 e. The Labute approximate surface area is 122 Å². The van der Waals surface area contributed by atoms with Gasteiger partial charge in [0.2, 0.25) is 0 Å². The van der Waals surface area contributed by atoms with Crippen LogP contribution in [0.3, 0.4) is 0 Å². The minimum atomic E-state index is -0.986. The van der Waals surface area contributed by atoms with Crippen LogP contribution in [0.4, 0.5) is 0 Å². The molecule has 2 bridgehead atoms. The van der Waals surface area contributed by atoms with Gasteiger partial charge in [0.05, 0.1) is 17.2 Å². The third-order valence-corrected chi connectivity index (χ3v) is 6.82. The Kier molecular flexibility index (Phi) is 3.43. The van der Waals surface area contributed by atoms with E-state index in [1.165, 1.54) is 0 Å². The Bertz CT molecular complexity index is 589. The first-order valence-corrected chi connectivity index (χ1v) is 8.45. The highest BCUT2D eigenvalue weighted by atomic mass is 32.2. The highest BCUT2D eigenvalue weighted by Gasteiger charge is 2.47. The fraction of sp³-hybridized carbons (Fsp3) is 0.562. The maximum atomic E-state index is 12.3. The van der Waals surface area contributed by atoms with E-state index in [0.29, 0.717) is 18.4 Å². The van der Waals surface area contributed by atoms with E-state index in [0.717, 1.165) is 30.4 Å². The van der Waals surface area contributed by atoms with Gasteiger partial charge in [0.15, 0.2) is 0 Å². The van der Waals surface area contributed by atoms with E-state index in [1.54, 1.807) is 6.07 Å². The molecular formula is C16H19NO2S. The molecule has 1 aromatic rings. The second-order valence-corrected chi connectivity index (χ2v) is 8.04. The van der Waals surface area contributed by atoms with Gasteiger partial charge in [0.1, 0.15) is 0 Å². The van der Waals surface area contributed by atoms with Crippen LogP contribution in [-0.2, 0) is 16.4 Å². The molecule has 2 unspecified atom stereocenters. The topological polar surface area (TPSA) is 61.1 Å². The summed E-state index contributed by atoms with van der Waals surface area (Å²) in [5.74, 6) is 0. The fourth-order valence-corrected chi connectivity index (χ4v) is 6.09. The van der Waals surface area contributed by atoms with Crippen LogP contribution in [0.1, 0.15) is 48.8 Å². The molecule has 3 nitrogen and oxygen atoms in total. The van der Waals surface area contributed by atoms with Gasteiger partial charge in [0, 0.05) is 26.9 Å². The van der Waals surface area contributed by atoms with Crippen molar-refractivity contribution in [3.8, 4) is 6.07 Å². The summed E-state index contributed by atoms with van der Waals surface area (Å²) >= 11 is 0. The van der Waals surface area contributed by atoms with Crippen molar-refractivity contribution in [2.45, 2.75) is 55.1 Å². The zero-order valence-corrected chi connectivity index (χ0v) is 12.4. The Morgan fingerprint density at radius 3 is 2.60 bits per heavy atom. The summed E-state index contributed by atoms with van der Waals surface area (Å²) in [7, 11) is -0.814. The SMILES string of the molecule is Cc1cccc(C#N)c1C1(O)CC2CCCC(C1)S2=O. The minimum absolute atomic E-state index is 0.0821. The summed E-state index contributed by atoms with van der Waals surface area (Å²) in [6, 6.07) is 7.76. The van der Waals surface area contributed by atoms with E-state index >= 15 is 0 Å². The van der Waals surface area contributed by atoms with Crippen molar-refractivity contribution in [3.63, 3.8) is 0 Å². The quantitative estimate of drug-likeness (QED) is 0.864. The highest BCUT2D eigenvalue weighted by molar-refractivity contribution is 7.86. The summed E-state index contributed by atoms with van der Waals surface area (Å²) < 4.78 is 12.3. The van der Waals surface area contributed by atoms with Crippen molar-refractivity contribution in [3.05, 3.63) is 34.9 Å². The molecule has 0 aliphatic carbocycles. The van der Waals surface area contributed by atoms with Gasteiger partial charge in [-0.1, -0.05) is 18.6 Å². The van der Waals surface area contributed by atoms with Crippen LogP contribution < -0.4 is 0 Å². The molecule has 106 valence electrons. The Hall–Kier alpha value is -1.18. The van der Waals surface area contributed by atoms with Crippen LogP contribution in [0.2, 0.25) is 0 Å². The first kappa shape index (κ1) is 13.8. The molecule has 0 amide bonds. The van der Waals surface area contributed by atoms with E-state index < -0.39 is 16.4 Å². The molecule has 2 fully saturated rings. The lowest BCUT2D eigenvalue weighted by Crippen LogP contribution is -2.47. The summed E-state index contributed by atoms with van der Waals surface area (Å²) in [6.07, 6.45) is 4.01. The van der Waals surface area contributed by atoms with Crippen molar-refractivity contribution >= 4 is 10.8 Å². The van der Waals surface area contributed by atoms with E-state index in [1.807, 2.05) is 19.1 Å². The predicted molar refractivity (Wildman–Crippen MR) is 78.6 cm³/mol. The number of fused-ring (bicyclic) bond motifs is 2. The molecule has 0 radical (unpaired) electrons. The van der Waals surface area contributed by atoms with Gasteiger partial charge in [-0.25, -0.2) is 0 Å². The molecule has 1 N–H and O–H groups in total. The lowest BCUT2D eigenvalue weighted by atomic mass is 9.77. The molecule has 0 aromatic heterocycles. The van der Waals surface area contributed by atoms with Gasteiger partial charge in [-0.05, 0) is 44.2 Å². The van der Waals surface area contributed by atoms with Crippen molar-refractivity contribution < 1.29 is 9.32 Å². The fourth-order valence-electron chi connectivity index (χ4n) is 3.87. The lowest BCUT2D eigenvalue weighted by molar-refractivity contribution is 0.00574. The van der Waals surface area contributed by atoms with Gasteiger partial charge < -0.3 is 5.11 Å². The maximum absolute atomic E-state index is 12.3. The third-order valence-electron chi connectivity index (χ3n) is 4.70. The van der Waals surface area contributed by atoms with Crippen LogP contribution >= 0.6 is 0 Å². The normalized spacial score (nSPS) is 36.4. The Balaban J connectivity index is 2.06. The standard InChI is InChI=1S/C16H19NO2S/c1-11-4-2-5-12(10-17)15(11)16(18)8-13-6-3-7-14(9-16)20(13)19/h2,4-5,13-14,18H,3,6-9H2,1H3. The molecular weight excluding hydrogens is 270 g/mol. The van der Waals surface area contributed by atoms with E-state index in [4.69, 9.17) is 0 Å². The lowest BCUT2D eigenvalue weighted by Gasteiger charge is -2.44. The van der Waals surface area contributed by atoms with Gasteiger partial charge in [-0.3, -0.25) is 4.21 Å². The number of nitrogens with zero attached hydrogens (tertiary/aromatic N) is 1. The van der Waals surface area contributed by atoms with Crippen LogP contribution in [0.5, 0.6) is 0 Å². The van der Waals surface area contributed by atoms with Crippen LogP contribution in [0.25, 0.3) is 0 Å². The second kappa shape index (κ2) is 4.98. The Morgan fingerprint density at radius 2 is 2.00 bits per heavy atom. The van der Waals surface area contributed by atoms with Gasteiger partial charge in [-0.15, -0.1) is 0 Å². The number of nitriles is 1. The molecule has 2 aliphatic heterocycles. The summed E-state index contributed by atoms with van der Waals surface area (Å²) in [5, 5.41) is 20.7. The average Bonchev–Trinajstić information content (AvgIpc) is 2.40. The van der Waals surface area contributed by atoms with Crippen molar-refractivity contribution in [1.29, 1.82) is 5.26 Å². The summed E-state index contributed by atoms with van der Waals surface area (Å²) in [4.78, 5) is 0. The molecule has 2 aliphatic rings. The largest absolute Gasteiger partial charge is 0.385 e. The number of benzene rings is 1. The molecule has 3 rings (SSSR count). The average molecular weight is 289 g/mol. The van der Waals surface area contributed by atoms with Crippen LogP contribution in [0.15, 0.2) is 18.2 Å². The summed E-state index contributed by atoms with van der Waals surface area (Å²) in [6.45, 7) is 1.94. The summed E-state index contributed by atoms with van der Waals surface area (Å²) in [5.41, 5.74) is 1.28. The Morgan fingerprint density at radius 1 is 1.35 bits per heavy atom. The monoisotopic (exact) mass is 289 g/mol. The zero-order chi connectivity index (χ0) is 14.3. The van der Waals surface area contributed by atoms with E-state index in [9.17, 15) is 14.6 Å². The molecule has 20 heavy (non-hydrogen) atoms. The molecule has 4 heteroatoms. The minimum Gasteiger partial charge on any atom is -0.385 e. The first-order valence-electron chi connectivity index (χ1n) is 7.17. The zero-order valence-electron chi connectivity index (χ0n) is 11.6. The van der Waals surface area contributed by atoms with Crippen molar-refractivity contribution in [1.82, 2.24) is 0 Å². The molecule has 0 saturated carbocycles. The highest BCUT2D eigenvalue weighted by Crippen LogP contribution is 2.46. The van der Waals surface area contributed by atoms with Crippen molar-refractivity contribution in [2.24, 2.45) is 0 Å². The molecule has 2 saturated heterocycles. The van der Waals surface area contributed by atoms with Crippen molar-refractivity contribution in [2.75, 3.05) is 0 Å². The van der Waals surface area contributed by atoms with Gasteiger partial charge in [0.25, 0.3) is 0 Å². The molecule has 1 aromatic carbocycles.